The molecule has 0 atom stereocenters. The summed E-state index contributed by atoms with van der Waals surface area (Å²) in [6, 6.07) is 13.9. The zero-order valence-corrected chi connectivity index (χ0v) is 19.4. The van der Waals surface area contributed by atoms with Gasteiger partial charge in [-0.05, 0) is 49.1 Å². The fraction of sp³-hybridized carbons (Fsp3) is 0.115. The number of halogens is 1. The highest BCUT2D eigenvalue weighted by atomic mass is 19.1. The highest BCUT2D eigenvalue weighted by molar-refractivity contribution is 6.08. The number of rotatable bonds is 6. The van der Waals surface area contributed by atoms with Crippen LogP contribution in [-0.2, 0) is 0 Å². The molecule has 0 spiro atoms. The van der Waals surface area contributed by atoms with Gasteiger partial charge in [-0.2, -0.15) is 0 Å². The third kappa shape index (κ3) is 5.96. The molecule has 37 heavy (non-hydrogen) atoms. The van der Waals surface area contributed by atoms with Crippen LogP contribution >= 0.6 is 0 Å². The largest absolute Gasteiger partial charge is 0.455 e. The summed E-state index contributed by atoms with van der Waals surface area (Å²) in [7, 11) is 0. The highest BCUT2D eigenvalue weighted by Gasteiger charge is 2.24. The number of pyridine rings is 1. The van der Waals surface area contributed by atoms with Gasteiger partial charge in [0.15, 0.2) is 11.4 Å². The van der Waals surface area contributed by atoms with Crippen LogP contribution in [0.5, 0.6) is 11.5 Å². The maximum Gasteiger partial charge on any atom is 0.324 e. The van der Waals surface area contributed by atoms with Crippen molar-refractivity contribution in [2.45, 2.75) is 12.8 Å². The maximum absolute atomic E-state index is 14.8. The molecule has 1 saturated carbocycles. The molecule has 1 fully saturated rings. The number of hydrogen-bond donors (Lipinski definition) is 4. The second kappa shape index (κ2) is 10.3. The Kier molecular flexibility index (Phi) is 6.58. The fourth-order valence-corrected chi connectivity index (χ4v) is 3.49. The molecule has 11 heteroatoms. The van der Waals surface area contributed by atoms with Crippen LogP contribution < -0.4 is 26.7 Å². The third-order valence-electron chi connectivity index (χ3n) is 5.46. The van der Waals surface area contributed by atoms with Gasteiger partial charge >= 0.3 is 6.03 Å². The number of ether oxygens (including phenoxy) is 1. The molecule has 186 valence electrons. The van der Waals surface area contributed by atoms with Crippen molar-refractivity contribution < 1.29 is 13.9 Å². The SMILES string of the molecule is N/C(=C\C(=Nc1ccccc1)NC(=O)Nc1ccc(Oc2ccnc3[nH]c(=O)cnc23)cc1F)C1CC1. The summed E-state index contributed by atoms with van der Waals surface area (Å²) in [5, 5.41) is 5.11. The molecule has 0 aliphatic heterocycles. The van der Waals surface area contributed by atoms with E-state index in [1.807, 2.05) is 18.2 Å². The molecule has 0 unspecified atom stereocenters. The lowest BCUT2D eigenvalue weighted by Gasteiger charge is -2.12. The maximum atomic E-state index is 14.8. The normalized spacial score (nSPS) is 13.9. The number of amides is 2. The number of para-hydroxylation sites is 1. The van der Waals surface area contributed by atoms with Crippen LogP contribution in [0, 0.1) is 11.7 Å². The minimum Gasteiger partial charge on any atom is -0.455 e. The zero-order valence-electron chi connectivity index (χ0n) is 19.4. The van der Waals surface area contributed by atoms with E-state index < -0.39 is 17.4 Å². The first-order chi connectivity index (χ1) is 17.9. The first kappa shape index (κ1) is 23.7. The molecule has 0 saturated heterocycles. The summed E-state index contributed by atoms with van der Waals surface area (Å²) in [6.07, 6.45) is 6.15. The Morgan fingerprint density at radius 1 is 1.16 bits per heavy atom. The number of aromatic amines is 1. The molecule has 5 rings (SSSR count). The minimum absolute atomic E-state index is 0.0647. The number of carbonyl (C=O) groups is 1. The molecule has 2 aromatic heterocycles. The number of anilines is 1. The zero-order chi connectivity index (χ0) is 25.8. The number of aliphatic imine (C=N–C) groups is 1. The Morgan fingerprint density at radius 3 is 2.73 bits per heavy atom. The fourth-order valence-electron chi connectivity index (χ4n) is 3.49. The number of nitrogens with zero attached hydrogens (tertiary/aromatic N) is 3. The Bertz CT molecular complexity index is 1580. The molecule has 4 aromatic rings. The summed E-state index contributed by atoms with van der Waals surface area (Å²) in [4.78, 5) is 39.2. The van der Waals surface area contributed by atoms with Crippen molar-refractivity contribution in [3.63, 3.8) is 0 Å². The van der Waals surface area contributed by atoms with Gasteiger partial charge in [-0.1, -0.05) is 18.2 Å². The first-order valence-electron chi connectivity index (χ1n) is 11.4. The number of urea groups is 1. The van der Waals surface area contributed by atoms with E-state index in [2.05, 4.69) is 30.6 Å². The van der Waals surface area contributed by atoms with Crippen molar-refractivity contribution >= 4 is 34.4 Å². The van der Waals surface area contributed by atoms with Crippen LogP contribution in [0.3, 0.4) is 0 Å². The minimum atomic E-state index is -0.720. The van der Waals surface area contributed by atoms with E-state index in [9.17, 15) is 14.0 Å². The number of H-pyrrole nitrogens is 1. The average Bonchev–Trinajstić information content (AvgIpc) is 3.72. The van der Waals surface area contributed by atoms with Gasteiger partial charge in [-0.25, -0.2) is 24.1 Å². The van der Waals surface area contributed by atoms with E-state index >= 15 is 0 Å². The number of nitrogens with one attached hydrogen (secondary N) is 3. The number of benzene rings is 2. The molecule has 2 amide bonds. The van der Waals surface area contributed by atoms with Crippen LogP contribution in [0.4, 0.5) is 20.6 Å². The standard InChI is InChI=1S/C26H22FN7O3/c27-18-12-17(37-21-10-11-29-25-24(21)30-14-23(35)34-25)8-9-20(18)32-26(36)33-22(13-19(28)15-6-7-15)31-16-4-2-1-3-5-16/h1-5,8-15H,6-7,28H2,(H,29,34,35)(H2,31,32,33,36)/b19-13-. The molecule has 2 aromatic carbocycles. The molecular weight excluding hydrogens is 477 g/mol. The van der Waals surface area contributed by atoms with E-state index in [4.69, 9.17) is 10.5 Å². The molecule has 0 radical (unpaired) electrons. The average molecular weight is 500 g/mol. The summed E-state index contributed by atoms with van der Waals surface area (Å²) < 4.78 is 20.6. The summed E-state index contributed by atoms with van der Waals surface area (Å²) >= 11 is 0. The number of amidine groups is 1. The number of fused-ring (bicyclic) bond motifs is 1. The number of allylic oxidation sites excluding steroid dienone is 1. The monoisotopic (exact) mass is 499 g/mol. The quantitative estimate of drug-likeness (QED) is 0.229. The lowest BCUT2D eigenvalue weighted by atomic mass is 10.2. The molecule has 10 nitrogen and oxygen atoms in total. The van der Waals surface area contributed by atoms with Crippen molar-refractivity contribution in [3.05, 3.63) is 94.9 Å². The van der Waals surface area contributed by atoms with Gasteiger partial charge in [0.25, 0.3) is 5.56 Å². The van der Waals surface area contributed by atoms with Gasteiger partial charge in [-0.3, -0.25) is 10.1 Å². The number of nitrogens with two attached hydrogens (primary N) is 1. The summed E-state index contributed by atoms with van der Waals surface area (Å²) in [5.74, 6) is 0.241. The Morgan fingerprint density at radius 2 is 1.97 bits per heavy atom. The predicted molar refractivity (Wildman–Crippen MR) is 137 cm³/mol. The molecular formula is C26H22FN7O3. The van der Waals surface area contributed by atoms with E-state index in [0.717, 1.165) is 25.1 Å². The van der Waals surface area contributed by atoms with E-state index in [-0.39, 0.29) is 34.6 Å². The van der Waals surface area contributed by atoms with Gasteiger partial charge in [0.1, 0.15) is 22.9 Å². The van der Waals surface area contributed by atoms with Gasteiger partial charge in [0.05, 0.1) is 17.6 Å². The van der Waals surface area contributed by atoms with Gasteiger partial charge in [0.2, 0.25) is 0 Å². The molecule has 5 N–H and O–H groups in total. The van der Waals surface area contributed by atoms with Crippen molar-refractivity contribution in [2.24, 2.45) is 16.6 Å². The van der Waals surface area contributed by atoms with Crippen molar-refractivity contribution in [3.8, 4) is 11.5 Å². The lowest BCUT2D eigenvalue weighted by Crippen LogP contribution is -2.34. The second-order valence-electron chi connectivity index (χ2n) is 8.33. The lowest BCUT2D eigenvalue weighted by molar-refractivity contribution is 0.256. The van der Waals surface area contributed by atoms with Crippen molar-refractivity contribution in [2.75, 3.05) is 5.32 Å². The topological polar surface area (TPSA) is 147 Å². The van der Waals surface area contributed by atoms with Crippen molar-refractivity contribution in [1.82, 2.24) is 20.3 Å². The number of hydrogen-bond acceptors (Lipinski definition) is 7. The van der Waals surface area contributed by atoms with Gasteiger partial charge < -0.3 is 20.8 Å². The molecule has 2 heterocycles. The smallest absolute Gasteiger partial charge is 0.324 e. The number of carbonyl (C=O) groups excluding carboxylic acids is 1. The van der Waals surface area contributed by atoms with Crippen LogP contribution in [-0.4, -0.2) is 26.8 Å². The molecule has 1 aliphatic carbocycles. The Hall–Kier alpha value is -5.06. The Balaban J connectivity index is 1.31. The van der Waals surface area contributed by atoms with E-state index in [1.54, 1.807) is 24.3 Å². The van der Waals surface area contributed by atoms with Crippen LogP contribution in [0.15, 0.2) is 88.6 Å². The molecule has 0 bridgehead atoms. The van der Waals surface area contributed by atoms with Gasteiger partial charge in [-0.15, -0.1) is 0 Å². The second-order valence-corrected chi connectivity index (χ2v) is 8.33. The molecule has 1 aliphatic rings. The predicted octanol–water partition coefficient (Wildman–Crippen LogP) is 4.35. The van der Waals surface area contributed by atoms with Gasteiger partial charge in [0, 0.05) is 24.0 Å². The number of aromatic nitrogens is 3. The Labute approximate surface area is 210 Å². The van der Waals surface area contributed by atoms with Crippen molar-refractivity contribution in [1.29, 1.82) is 0 Å². The van der Waals surface area contributed by atoms with E-state index in [0.29, 0.717) is 16.9 Å². The van der Waals surface area contributed by atoms with E-state index in [1.165, 1.54) is 18.3 Å². The first-order valence-corrected chi connectivity index (χ1v) is 11.4. The summed E-state index contributed by atoms with van der Waals surface area (Å²) in [5.41, 5.74) is 7.46. The summed E-state index contributed by atoms with van der Waals surface area (Å²) in [6.45, 7) is 0. The van der Waals surface area contributed by atoms with Crippen LogP contribution in [0.25, 0.3) is 11.2 Å². The highest BCUT2D eigenvalue weighted by Crippen LogP contribution is 2.33. The van der Waals surface area contributed by atoms with Crippen LogP contribution in [0.2, 0.25) is 0 Å². The third-order valence-corrected chi connectivity index (χ3v) is 5.46. The van der Waals surface area contributed by atoms with Crippen LogP contribution in [0.1, 0.15) is 12.8 Å².